The lowest BCUT2D eigenvalue weighted by atomic mass is 10.0. The molecule has 2 aromatic carbocycles. The van der Waals surface area contributed by atoms with E-state index in [0.717, 1.165) is 17.2 Å². The van der Waals surface area contributed by atoms with Gasteiger partial charge in [-0.3, -0.25) is 4.98 Å². The van der Waals surface area contributed by atoms with E-state index in [-0.39, 0.29) is 0 Å². The highest BCUT2D eigenvalue weighted by Gasteiger charge is 2.07. The maximum Gasteiger partial charge on any atom is 0.160 e. The predicted molar refractivity (Wildman–Crippen MR) is 96.5 cm³/mol. The number of aliphatic imine (C=N–C) groups is 2. The summed E-state index contributed by atoms with van der Waals surface area (Å²) in [5.41, 5.74) is 3.50. The maximum absolute atomic E-state index is 13.4. The van der Waals surface area contributed by atoms with Crippen LogP contribution in [0.1, 0.15) is 11.1 Å². The molecule has 0 bridgehead atoms. The average molecular weight is 335 g/mol. The Balaban J connectivity index is 1.99. The summed E-state index contributed by atoms with van der Waals surface area (Å²) in [6.07, 6.45) is 3.33. The third kappa shape index (κ3) is 3.83. The Hall–Kier alpha value is -3.21. The molecule has 1 aromatic heterocycles. The predicted octanol–water partition coefficient (Wildman–Crippen LogP) is 5.11. The van der Waals surface area contributed by atoms with Crippen molar-refractivity contribution >= 4 is 18.2 Å². The molecule has 124 valence electrons. The summed E-state index contributed by atoms with van der Waals surface area (Å²) >= 11 is 0. The van der Waals surface area contributed by atoms with Gasteiger partial charge in [0, 0.05) is 24.0 Å². The summed E-state index contributed by atoms with van der Waals surface area (Å²) < 4.78 is 26.8. The van der Waals surface area contributed by atoms with Crippen LogP contribution in [0, 0.1) is 18.6 Å². The molecule has 3 aromatic rings. The van der Waals surface area contributed by atoms with Crippen molar-refractivity contribution in [3.05, 3.63) is 83.7 Å². The minimum atomic E-state index is -0.607. The molecule has 0 spiro atoms. The molecule has 0 radical (unpaired) electrons. The summed E-state index contributed by atoms with van der Waals surface area (Å²) in [7, 11) is 0. The van der Waals surface area contributed by atoms with Crippen LogP contribution >= 0.6 is 0 Å². The molecule has 0 amide bonds. The lowest BCUT2D eigenvalue weighted by molar-refractivity contribution is 0.584. The molecule has 0 saturated heterocycles. The molecule has 0 fully saturated rings. The van der Waals surface area contributed by atoms with Crippen LogP contribution in [0.2, 0.25) is 0 Å². The molecule has 25 heavy (non-hydrogen) atoms. The van der Waals surface area contributed by atoms with E-state index < -0.39 is 11.6 Å². The van der Waals surface area contributed by atoms with Gasteiger partial charge in [0.25, 0.3) is 0 Å². The maximum atomic E-state index is 13.4. The quantitative estimate of drug-likeness (QED) is 0.484. The Morgan fingerprint density at radius 2 is 1.76 bits per heavy atom. The zero-order valence-electron chi connectivity index (χ0n) is 13.6. The van der Waals surface area contributed by atoms with Gasteiger partial charge in [-0.05, 0) is 66.7 Å². The Morgan fingerprint density at radius 3 is 2.36 bits per heavy atom. The van der Waals surface area contributed by atoms with Gasteiger partial charge in [-0.1, -0.05) is 6.07 Å². The summed E-state index contributed by atoms with van der Waals surface area (Å²) in [6, 6.07) is 12.5. The van der Waals surface area contributed by atoms with Gasteiger partial charge in [0.05, 0.1) is 5.69 Å². The Morgan fingerprint density at radius 1 is 1.00 bits per heavy atom. The number of nitrogens with zero attached hydrogens (tertiary/aromatic N) is 3. The largest absolute Gasteiger partial charge is 0.264 e. The highest BCUT2D eigenvalue weighted by molar-refractivity contribution is 6.02. The first-order valence-electron chi connectivity index (χ1n) is 7.60. The number of pyridine rings is 1. The normalized spacial score (nSPS) is 11.4. The minimum Gasteiger partial charge on any atom is -0.264 e. The van der Waals surface area contributed by atoms with Gasteiger partial charge in [-0.15, -0.1) is 0 Å². The van der Waals surface area contributed by atoms with Gasteiger partial charge in [0.1, 0.15) is 11.6 Å². The second-order valence-corrected chi connectivity index (χ2v) is 5.49. The van der Waals surface area contributed by atoms with Crippen LogP contribution in [0.5, 0.6) is 0 Å². The molecule has 0 N–H and O–H groups in total. The first-order valence-corrected chi connectivity index (χ1v) is 7.60. The van der Waals surface area contributed by atoms with Crippen molar-refractivity contribution in [2.24, 2.45) is 9.98 Å². The molecular formula is C20H15F2N3. The van der Waals surface area contributed by atoms with Crippen LogP contribution in [0.15, 0.2) is 70.9 Å². The number of hydrogen-bond acceptors (Lipinski definition) is 2. The lowest BCUT2D eigenvalue weighted by Gasteiger charge is -2.07. The van der Waals surface area contributed by atoms with Crippen molar-refractivity contribution in [1.82, 2.24) is 4.98 Å². The van der Waals surface area contributed by atoms with E-state index in [1.807, 2.05) is 19.1 Å². The third-order valence-corrected chi connectivity index (χ3v) is 3.69. The van der Waals surface area contributed by atoms with Gasteiger partial charge in [-0.2, -0.15) is 0 Å². The molecule has 3 nitrogen and oxygen atoms in total. The summed E-state index contributed by atoms with van der Waals surface area (Å²) in [6.45, 7) is 5.43. The molecule has 0 aliphatic rings. The van der Waals surface area contributed by atoms with E-state index in [9.17, 15) is 8.78 Å². The monoisotopic (exact) mass is 335 g/mol. The summed E-state index contributed by atoms with van der Waals surface area (Å²) in [5.74, 6) is -0.755. The molecule has 0 aliphatic heterocycles. The number of aromatic nitrogens is 1. The minimum absolute atomic E-state index is 0.459. The van der Waals surface area contributed by atoms with Crippen LogP contribution in [0.3, 0.4) is 0 Å². The van der Waals surface area contributed by atoms with Crippen molar-refractivity contribution in [3.8, 4) is 11.1 Å². The van der Waals surface area contributed by atoms with Crippen LogP contribution in [-0.2, 0) is 0 Å². The van der Waals surface area contributed by atoms with Crippen LogP contribution < -0.4 is 0 Å². The Labute approximate surface area is 144 Å². The van der Waals surface area contributed by atoms with Crippen molar-refractivity contribution in [1.29, 1.82) is 0 Å². The number of amidine groups is 1. The highest BCUT2D eigenvalue weighted by Crippen LogP contribution is 2.28. The number of halogens is 2. The molecule has 0 aliphatic carbocycles. The van der Waals surface area contributed by atoms with Crippen LogP contribution in [-0.4, -0.2) is 17.5 Å². The molecule has 3 rings (SSSR count). The highest BCUT2D eigenvalue weighted by atomic mass is 19.1. The Kier molecular flexibility index (Phi) is 4.75. The molecule has 0 saturated carbocycles. The van der Waals surface area contributed by atoms with Gasteiger partial charge in [-0.25, -0.2) is 18.8 Å². The number of hydrogen-bond donors (Lipinski definition) is 0. The van der Waals surface area contributed by atoms with Gasteiger partial charge < -0.3 is 0 Å². The number of aryl methyl sites for hydroxylation is 1. The molecule has 1 heterocycles. The smallest absolute Gasteiger partial charge is 0.160 e. The van der Waals surface area contributed by atoms with E-state index in [1.165, 1.54) is 12.1 Å². The average Bonchev–Trinajstić information content (AvgIpc) is 2.60. The molecule has 5 heteroatoms. The molecule has 0 unspecified atom stereocenters. The Bertz CT molecular complexity index is 930. The van der Waals surface area contributed by atoms with Crippen LogP contribution in [0.25, 0.3) is 11.1 Å². The molecular weight excluding hydrogens is 320 g/mol. The zero-order chi connectivity index (χ0) is 17.8. The van der Waals surface area contributed by atoms with E-state index >= 15 is 0 Å². The fourth-order valence-corrected chi connectivity index (χ4v) is 2.48. The summed E-state index contributed by atoms with van der Waals surface area (Å²) in [5, 5.41) is 0. The van der Waals surface area contributed by atoms with E-state index in [2.05, 4.69) is 21.7 Å². The number of rotatable bonds is 3. The van der Waals surface area contributed by atoms with Crippen molar-refractivity contribution in [2.45, 2.75) is 6.92 Å². The topological polar surface area (TPSA) is 37.6 Å². The van der Waals surface area contributed by atoms with Gasteiger partial charge in [0.2, 0.25) is 0 Å². The van der Waals surface area contributed by atoms with E-state index in [0.29, 0.717) is 22.6 Å². The van der Waals surface area contributed by atoms with Gasteiger partial charge >= 0.3 is 0 Å². The first kappa shape index (κ1) is 16.6. The standard InChI is InChI=1S/C20H15F2N3/c1-13-8-14(16-9-17(21)11-18(22)10-16)5-6-19(13)25-20(23-2)15-4-3-7-24-12-15/h3-12H,2H2,1H3. The van der Waals surface area contributed by atoms with Gasteiger partial charge in [0.15, 0.2) is 5.84 Å². The first-order chi connectivity index (χ1) is 12.1. The lowest BCUT2D eigenvalue weighted by Crippen LogP contribution is -1.96. The summed E-state index contributed by atoms with van der Waals surface area (Å²) in [4.78, 5) is 12.5. The fourth-order valence-electron chi connectivity index (χ4n) is 2.48. The fraction of sp³-hybridized carbons (Fsp3) is 0.0500. The van der Waals surface area contributed by atoms with E-state index in [4.69, 9.17) is 0 Å². The van der Waals surface area contributed by atoms with Crippen molar-refractivity contribution in [3.63, 3.8) is 0 Å². The third-order valence-electron chi connectivity index (χ3n) is 3.69. The SMILES string of the molecule is C=NC(=Nc1ccc(-c2cc(F)cc(F)c2)cc1C)c1cccnc1. The van der Waals surface area contributed by atoms with Crippen molar-refractivity contribution < 1.29 is 8.78 Å². The van der Waals surface area contributed by atoms with Crippen LogP contribution in [0.4, 0.5) is 14.5 Å². The second-order valence-electron chi connectivity index (χ2n) is 5.49. The molecule has 0 atom stereocenters. The van der Waals surface area contributed by atoms with E-state index in [1.54, 1.807) is 30.6 Å². The number of benzene rings is 2. The van der Waals surface area contributed by atoms with Crippen molar-refractivity contribution in [2.75, 3.05) is 0 Å². The zero-order valence-corrected chi connectivity index (χ0v) is 13.6. The second kappa shape index (κ2) is 7.13.